The minimum atomic E-state index is -0.927. The third kappa shape index (κ3) is 4.00. The minimum Gasteiger partial charge on any atom is -0.515 e. The number of rotatable bonds is 6. The van der Waals surface area contributed by atoms with Gasteiger partial charge < -0.3 is 30.7 Å². The van der Waals surface area contributed by atoms with Crippen LogP contribution in [0.3, 0.4) is 0 Å². The van der Waals surface area contributed by atoms with Crippen LogP contribution in [0.25, 0.3) is 28.3 Å². The number of nitrogens with zero attached hydrogens (tertiary/aromatic N) is 2. The van der Waals surface area contributed by atoms with E-state index in [1.807, 2.05) is 0 Å². The highest BCUT2D eigenvalue weighted by Crippen LogP contribution is 2.17. The van der Waals surface area contributed by atoms with E-state index in [0.29, 0.717) is 6.26 Å². The number of carbonyl (C=O) groups is 1. The molecule has 3 aromatic rings. The third-order valence-electron chi connectivity index (χ3n) is 5.27. The molecule has 0 bridgehead atoms. The van der Waals surface area contributed by atoms with Crippen molar-refractivity contribution >= 4 is 34.2 Å². The molecule has 1 amide bonds. The first-order valence-electron chi connectivity index (χ1n) is 9.85. The number of aromatic amines is 1. The van der Waals surface area contributed by atoms with E-state index in [4.69, 9.17) is 0 Å². The summed E-state index contributed by atoms with van der Waals surface area (Å²) in [4.78, 5) is 46.1. The number of amides is 1. The highest BCUT2D eigenvalue weighted by atomic mass is 16.3. The zero-order valence-corrected chi connectivity index (χ0v) is 17.7. The normalized spacial score (nSPS) is 14.2. The summed E-state index contributed by atoms with van der Waals surface area (Å²) in [5, 5.41) is 41.6. The van der Waals surface area contributed by atoms with Gasteiger partial charge in [-0.05, 0) is 32.9 Å². The first-order chi connectivity index (χ1) is 15.1. The van der Waals surface area contributed by atoms with Crippen molar-refractivity contribution < 1.29 is 25.2 Å². The van der Waals surface area contributed by atoms with Crippen molar-refractivity contribution in [1.29, 1.82) is 0 Å². The molecule has 170 valence electrons. The average Bonchev–Trinajstić information content (AvgIpc) is 2.74. The van der Waals surface area contributed by atoms with Crippen LogP contribution >= 0.6 is 0 Å². The lowest BCUT2D eigenvalue weighted by molar-refractivity contribution is -0.0826. The summed E-state index contributed by atoms with van der Waals surface area (Å²) < 4.78 is 0. The van der Waals surface area contributed by atoms with Crippen LogP contribution in [0.15, 0.2) is 21.7 Å². The highest BCUT2D eigenvalue weighted by molar-refractivity contribution is 6.06. The summed E-state index contributed by atoms with van der Waals surface area (Å²) in [5.41, 5.74) is -1.41. The van der Waals surface area contributed by atoms with Crippen LogP contribution in [0.1, 0.15) is 29.8 Å². The summed E-state index contributed by atoms with van der Waals surface area (Å²) in [6, 6.07) is 2.44. The number of fused-ring (bicyclic) bond motifs is 2. The van der Waals surface area contributed by atoms with Crippen molar-refractivity contribution in [2.75, 3.05) is 13.1 Å². The molecule has 0 fully saturated rings. The topological polar surface area (TPSA) is 176 Å². The van der Waals surface area contributed by atoms with Crippen LogP contribution in [0.5, 0.6) is 5.75 Å². The second-order valence-corrected chi connectivity index (χ2v) is 7.40. The Hall–Kier alpha value is -3.54. The SMILES string of the molecule is Cc1c(O)/c(=C\O)c2nc3c(=O)ccc(C(=O)NCCN(C(C)O)C(C)O)c3[nH]c2c1=O. The van der Waals surface area contributed by atoms with Gasteiger partial charge in [0.15, 0.2) is 0 Å². The Morgan fingerprint density at radius 1 is 1.19 bits per heavy atom. The molecule has 0 radical (unpaired) electrons. The van der Waals surface area contributed by atoms with Crippen molar-refractivity contribution in [3.63, 3.8) is 0 Å². The zero-order chi connectivity index (χ0) is 23.7. The van der Waals surface area contributed by atoms with Gasteiger partial charge in [0.05, 0.1) is 22.6 Å². The number of carbonyl (C=O) groups excluding carboxylic acids is 1. The summed E-state index contributed by atoms with van der Waals surface area (Å²) >= 11 is 0. The second-order valence-electron chi connectivity index (χ2n) is 7.40. The summed E-state index contributed by atoms with van der Waals surface area (Å²) in [5.74, 6) is -1.02. The number of hydrogen-bond acceptors (Lipinski definition) is 9. The van der Waals surface area contributed by atoms with Crippen LogP contribution in [0.2, 0.25) is 0 Å². The number of aromatic nitrogens is 2. The Labute approximate surface area is 181 Å². The summed E-state index contributed by atoms with van der Waals surface area (Å²) in [7, 11) is 0. The number of phenolic OH excluding ortho intramolecular Hbond substituents is 1. The molecular formula is C21H24N4O7. The number of aliphatic hydroxyl groups excluding tert-OH is 3. The highest BCUT2D eigenvalue weighted by Gasteiger charge is 2.20. The Kier molecular flexibility index (Phi) is 6.44. The fourth-order valence-corrected chi connectivity index (χ4v) is 3.52. The molecule has 2 atom stereocenters. The van der Waals surface area contributed by atoms with Gasteiger partial charge in [0.1, 0.15) is 34.8 Å². The van der Waals surface area contributed by atoms with Crippen LogP contribution in [0.4, 0.5) is 0 Å². The van der Waals surface area contributed by atoms with Crippen LogP contribution in [-0.2, 0) is 0 Å². The van der Waals surface area contributed by atoms with Gasteiger partial charge in [0, 0.05) is 18.7 Å². The second kappa shape index (κ2) is 8.91. The van der Waals surface area contributed by atoms with Crippen molar-refractivity contribution in [3.05, 3.63) is 48.9 Å². The van der Waals surface area contributed by atoms with Crippen molar-refractivity contribution in [2.45, 2.75) is 33.2 Å². The maximum Gasteiger partial charge on any atom is 0.253 e. The third-order valence-corrected chi connectivity index (χ3v) is 5.27. The molecule has 1 aromatic heterocycles. The Balaban J connectivity index is 2.09. The van der Waals surface area contributed by atoms with Crippen LogP contribution < -0.4 is 21.4 Å². The summed E-state index contributed by atoms with van der Waals surface area (Å²) in [6.45, 7) is 4.58. The van der Waals surface area contributed by atoms with Gasteiger partial charge in [0.25, 0.3) is 5.91 Å². The van der Waals surface area contributed by atoms with E-state index < -0.39 is 35.0 Å². The predicted molar refractivity (Wildman–Crippen MR) is 117 cm³/mol. The molecule has 0 aliphatic carbocycles. The van der Waals surface area contributed by atoms with E-state index in [1.165, 1.54) is 31.7 Å². The van der Waals surface area contributed by atoms with E-state index in [-0.39, 0.29) is 51.5 Å². The Morgan fingerprint density at radius 2 is 1.84 bits per heavy atom. The Bertz CT molecular complexity index is 1360. The lowest BCUT2D eigenvalue weighted by atomic mass is 10.1. The smallest absolute Gasteiger partial charge is 0.253 e. The fraction of sp³-hybridized carbons (Fsp3) is 0.333. The van der Waals surface area contributed by atoms with Gasteiger partial charge in [-0.1, -0.05) is 0 Å². The molecule has 0 spiro atoms. The average molecular weight is 444 g/mol. The lowest BCUT2D eigenvalue weighted by Crippen LogP contribution is -2.44. The van der Waals surface area contributed by atoms with Gasteiger partial charge >= 0.3 is 0 Å². The molecular weight excluding hydrogens is 420 g/mol. The van der Waals surface area contributed by atoms with E-state index in [1.54, 1.807) is 0 Å². The van der Waals surface area contributed by atoms with Crippen molar-refractivity contribution in [3.8, 4) is 5.75 Å². The number of hydrogen-bond donors (Lipinski definition) is 6. The van der Waals surface area contributed by atoms with E-state index in [9.17, 15) is 34.8 Å². The van der Waals surface area contributed by atoms with Gasteiger partial charge in [-0.2, -0.15) is 0 Å². The number of aliphatic hydroxyl groups is 3. The molecule has 3 rings (SSSR count). The largest absolute Gasteiger partial charge is 0.515 e. The molecule has 6 N–H and O–H groups in total. The number of aromatic hydroxyl groups is 1. The van der Waals surface area contributed by atoms with Gasteiger partial charge in [-0.15, -0.1) is 0 Å². The van der Waals surface area contributed by atoms with Gasteiger partial charge in [-0.25, -0.2) is 4.98 Å². The van der Waals surface area contributed by atoms with E-state index in [2.05, 4.69) is 15.3 Å². The van der Waals surface area contributed by atoms with E-state index >= 15 is 0 Å². The number of nitrogens with one attached hydrogen (secondary N) is 2. The standard InChI is InChI=1S/C21H24N4O7/c1-9-19(30)13(8-26)16-18(20(9)31)24-15-12(4-5-14(29)17(15)23-16)21(32)22-6-7-25(10(2)27)11(3)28/h4-5,8,10-11,24,26-28,30H,6-7H2,1-3H3,(H,22,32)/b13-8-. The fourth-order valence-electron chi connectivity index (χ4n) is 3.52. The van der Waals surface area contributed by atoms with Crippen molar-refractivity contribution in [1.82, 2.24) is 20.2 Å². The minimum absolute atomic E-state index is 0.0245. The molecule has 11 heteroatoms. The molecule has 0 aliphatic heterocycles. The molecule has 32 heavy (non-hydrogen) atoms. The maximum absolute atomic E-state index is 12.8. The molecule has 1 heterocycles. The van der Waals surface area contributed by atoms with E-state index in [0.717, 1.165) is 6.07 Å². The van der Waals surface area contributed by atoms with Crippen LogP contribution in [-0.4, -0.2) is 66.7 Å². The molecule has 2 aromatic carbocycles. The lowest BCUT2D eigenvalue weighted by Gasteiger charge is -2.27. The van der Waals surface area contributed by atoms with Gasteiger partial charge in [-0.3, -0.25) is 19.3 Å². The summed E-state index contributed by atoms with van der Waals surface area (Å²) in [6.07, 6.45) is -1.26. The van der Waals surface area contributed by atoms with Gasteiger partial charge in [0.2, 0.25) is 10.9 Å². The molecule has 11 nitrogen and oxygen atoms in total. The first kappa shape index (κ1) is 23.1. The maximum atomic E-state index is 12.8. The molecule has 2 unspecified atom stereocenters. The number of benzene rings is 2. The van der Waals surface area contributed by atoms with Crippen molar-refractivity contribution in [2.24, 2.45) is 0 Å². The predicted octanol–water partition coefficient (Wildman–Crippen LogP) is -0.826. The molecule has 0 aliphatic rings. The number of phenols is 1. The molecule has 0 saturated heterocycles. The quantitative estimate of drug-likeness (QED) is 0.209. The first-order valence-corrected chi connectivity index (χ1v) is 9.85. The zero-order valence-electron chi connectivity index (χ0n) is 17.7. The van der Waals surface area contributed by atoms with Crippen LogP contribution in [0, 0.1) is 6.92 Å². The molecule has 0 saturated carbocycles. The Morgan fingerprint density at radius 3 is 2.44 bits per heavy atom. The number of H-pyrrole nitrogens is 1. The monoisotopic (exact) mass is 444 g/mol.